The highest BCUT2D eigenvalue weighted by molar-refractivity contribution is 7.90. The van der Waals surface area contributed by atoms with Crippen LogP contribution in [0.25, 0.3) is 0 Å². The van der Waals surface area contributed by atoms with Crippen molar-refractivity contribution in [2.24, 2.45) is 0 Å². The zero-order valence-corrected chi connectivity index (χ0v) is 8.76. The van der Waals surface area contributed by atoms with Gasteiger partial charge < -0.3 is 5.73 Å². The first kappa shape index (κ1) is 12.4. The van der Waals surface area contributed by atoms with E-state index in [2.05, 4.69) is 0 Å². The molecule has 4 nitrogen and oxygen atoms in total. The van der Waals surface area contributed by atoms with E-state index < -0.39 is 4.92 Å². The maximum Gasteiger partial charge on any atom is 0.269 e. The van der Waals surface area contributed by atoms with Crippen molar-refractivity contribution in [2.75, 3.05) is 5.73 Å². The summed E-state index contributed by atoms with van der Waals surface area (Å²) in [4.78, 5) is 9.62. The van der Waals surface area contributed by atoms with E-state index in [1.54, 1.807) is 0 Å². The molecule has 7 heteroatoms. The Morgan fingerprint density at radius 1 is 1.31 bits per heavy atom. The van der Waals surface area contributed by atoms with Gasteiger partial charge in [-0.15, -0.1) is 0 Å². The largest absolute Gasteiger partial charge is 0.399 e. The second-order valence-electron chi connectivity index (χ2n) is 1.91. The number of nitrogens with two attached hydrogens (primary N) is 1. The number of halogens is 2. The molecule has 0 heterocycles. The summed E-state index contributed by atoms with van der Waals surface area (Å²) < 4.78 is 0. The molecule has 1 radical (unpaired) electrons. The molecule has 71 valence electrons. The fourth-order valence-corrected chi connectivity index (χ4v) is 0.596. The van der Waals surface area contributed by atoms with Crippen LogP contribution in [0.4, 0.5) is 11.4 Å². The van der Waals surface area contributed by atoms with Crippen molar-refractivity contribution in [3.8, 4) is 0 Å². The Bertz CT molecular complexity index is 268. The molecular weight excluding hydrogens is 234 g/mol. The molecule has 13 heavy (non-hydrogen) atoms. The Kier molecular flexibility index (Phi) is 6.59. The van der Waals surface area contributed by atoms with Gasteiger partial charge in [0.05, 0.1) is 4.92 Å². The lowest BCUT2D eigenvalue weighted by atomic mass is 10.3. The van der Waals surface area contributed by atoms with Gasteiger partial charge in [-0.3, -0.25) is 10.1 Å². The Balaban J connectivity index is 0.000000424. The van der Waals surface area contributed by atoms with E-state index in [-0.39, 0.29) is 5.69 Å². The van der Waals surface area contributed by atoms with Crippen molar-refractivity contribution in [1.29, 1.82) is 0 Å². The van der Waals surface area contributed by atoms with Gasteiger partial charge in [-0.1, -0.05) is 22.5 Å². The molecule has 0 spiro atoms. The highest BCUT2D eigenvalue weighted by Gasteiger charge is 2.00. The Morgan fingerprint density at radius 3 is 2.00 bits per heavy atom. The van der Waals surface area contributed by atoms with Crippen molar-refractivity contribution < 1.29 is 4.92 Å². The highest BCUT2D eigenvalue weighted by atomic mass is 35.9. The van der Waals surface area contributed by atoms with E-state index >= 15 is 0 Å². The number of nitro groups is 1. The molecule has 0 aromatic heterocycles. The maximum atomic E-state index is 10.1. The van der Waals surface area contributed by atoms with E-state index in [0.717, 1.165) is 0 Å². The lowest BCUT2D eigenvalue weighted by Gasteiger charge is -1.90. The van der Waals surface area contributed by atoms with Gasteiger partial charge in [0.15, 0.2) is 0 Å². The predicted molar refractivity (Wildman–Crippen MR) is 56.1 cm³/mol. The molecule has 0 bridgehead atoms. The maximum absolute atomic E-state index is 10.1. The Hall–Kier alpha value is -0.570. The SMILES string of the molecule is Cl[P]Cl.Nc1ccc([N+](=O)[O-])cc1. The number of rotatable bonds is 1. The highest BCUT2D eigenvalue weighted by Crippen LogP contribution is 2.19. The van der Waals surface area contributed by atoms with Crippen molar-refractivity contribution in [1.82, 2.24) is 0 Å². The molecule has 1 aromatic carbocycles. The first-order valence-electron chi connectivity index (χ1n) is 3.04. The number of non-ortho nitro benzene ring substituents is 1. The van der Waals surface area contributed by atoms with Crippen LogP contribution in [0, 0.1) is 10.1 Å². The third kappa shape index (κ3) is 5.64. The fraction of sp³-hybridized carbons (Fsp3) is 0. The zero-order valence-electron chi connectivity index (χ0n) is 6.35. The van der Waals surface area contributed by atoms with Crippen molar-refractivity contribution >= 4 is 41.1 Å². The molecule has 2 N–H and O–H groups in total. The number of nitrogen functional groups attached to an aromatic ring is 1. The van der Waals surface area contributed by atoms with Gasteiger partial charge in [0, 0.05) is 17.8 Å². The van der Waals surface area contributed by atoms with Crippen molar-refractivity contribution in [3.05, 3.63) is 34.4 Å². The van der Waals surface area contributed by atoms with Gasteiger partial charge in [0.2, 0.25) is 0 Å². The second-order valence-corrected chi connectivity index (χ2v) is 3.57. The molecule has 0 amide bonds. The lowest BCUT2D eigenvalue weighted by Crippen LogP contribution is -1.88. The van der Waals surface area contributed by atoms with E-state index in [0.29, 0.717) is 13.0 Å². The summed E-state index contributed by atoms with van der Waals surface area (Å²) in [7, 11) is 0.361. The van der Waals surface area contributed by atoms with Crippen molar-refractivity contribution in [2.45, 2.75) is 0 Å². The summed E-state index contributed by atoms with van der Waals surface area (Å²) in [5.74, 6) is 0. The summed E-state index contributed by atoms with van der Waals surface area (Å²) in [6, 6.07) is 5.74. The van der Waals surface area contributed by atoms with Crippen LogP contribution in [0.15, 0.2) is 24.3 Å². The van der Waals surface area contributed by atoms with Gasteiger partial charge in [-0.05, 0) is 12.1 Å². The first-order chi connectivity index (χ1) is 6.11. The van der Waals surface area contributed by atoms with E-state index in [1.807, 2.05) is 0 Å². The monoisotopic (exact) mass is 239 g/mol. The van der Waals surface area contributed by atoms with Crippen LogP contribution in [-0.2, 0) is 0 Å². The molecule has 0 saturated carbocycles. The van der Waals surface area contributed by atoms with E-state index in [9.17, 15) is 10.1 Å². The zero-order chi connectivity index (χ0) is 10.3. The van der Waals surface area contributed by atoms with Gasteiger partial charge in [0.25, 0.3) is 5.69 Å². The lowest BCUT2D eigenvalue weighted by molar-refractivity contribution is -0.384. The van der Waals surface area contributed by atoms with Crippen LogP contribution in [0.5, 0.6) is 0 Å². The summed E-state index contributed by atoms with van der Waals surface area (Å²) >= 11 is 9.47. The molecule has 0 unspecified atom stereocenters. The minimum Gasteiger partial charge on any atom is -0.399 e. The molecule has 0 aliphatic carbocycles. The fourth-order valence-electron chi connectivity index (χ4n) is 0.596. The molecule has 0 atom stereocenters. The van der Waals surface area contributed by atoms with Gasteiger partial charge >= 0.3 is 0 Å². The molecule has 1 rings (SSSR count). The molecule has 1 aromatic rings. The molecule has 0 aliphatic heterocycles. The number of hydrogen-bond donors (Lipinski definition) is 1. The van der Waals surface area contributed by atoms with Gasteiger partial charge in [-0.25, -0.2) is 0 Å². The van der Waals surface area contributed by atoms with Gasteiger partial charge in [0.1, 0.15) is 7.29 Å². The third-order valence-corrected chi connectivity index (χ3v) is 1.10. The second kappa shape index (κ2) is 6.89. The average molecular weight is 240 g/mol. The number of nitro benzene ring substituents is 1. The van der Waals surface area contributed by atoms with Crippen LogP contribution >= 0.6 is 29.8 Å². The molecular formula is C6H6Cl2N2O2P. The average Bonchev–Trinajstić information content (AvgIpc) is 2.06. The Labute approximate surface area is 86.5 Å². The van der Waals surface area contributed by atoms with Crippen LogP contribution in [0.2, 0.25) is 0 Å². The van der Waals surface area contributed by atoms with Crippen LogP contribution in [-0.4, -0.2) is 4.92 Å². The molecule has 0 aliphatic rings. The number of nitrogens with zero attached hydrogens (tertiary/aromatic N) is 1. The van der Waals surface area contributed by atoms with E-state index in [1.165, 1.54) is 24.3 Å². The number of hydrogen-bond acceptors (Lipinski definition) is 3. The smallest absolute Gasteiger partial charge is 0.269 e. The number of anilines is 1. The summed E-state index contributed by atoms with van der Waals surface area (Å²) in [6.07, 6.45) is 0. The minimum atomic E-state index is -0.459. The summed E-state index contributed by atoms with van der Waals surface area (Å²) in [5.41, 5.74) is 5.90. The predicted octanol–water partition coefficient (Wildman–Crippen LogP) is 3.42. The number of benzene rings is 1. The van der Waals surface area contributed by atoms with Gasteiger partial charge in [-0.2, -0.15) is 0 Å². The Morgan fingerprint density at radius 2 is 1.69 bits per heavy atom. The third-order valence-electron chi connectivity index (χ3n) is 1.10. The molecule has 0 fully saturated rings. The molecule has 0 saturated heterocycles. The summed E-state index contributed by atoms with van der Waals surface area (Å²) in [5, 5.41) is 10.1. The summed E-state index contributed by atoms with van der Waals surface area (Å²) in [6.45, 7) is 0. The normalized spacial score (nSPS) is 8.46. The van der Waals surface area contributed by atoms with E-state index in [4.69, 9.17) is 28.2 Å². The van der Waals surface area contributed by atoms with Crippen LogP contribution in [0.3, 0.4) is 0 Å². The quantitative estimate of drug-likeness (QED) is 0.354. The minimum absolute atomic E-state index is 0.0641. The topological polar surface area (TPSA) is 69.2 Å². The van der Waals surface area contributed by atoms with Crippen LogP contribution < -0.4 is 5.73 Å². The van der Waals surface area contributed by atoms with Crippen LogP contribution in [0.1, 0.15) is 0 Å². The van der Waals surface area contributed by atoms with Crippen molar-refractivity contribution in [3.63, 3.8) is 0 Å². The standard InChI is InChI=1S/C6H6N2O2.Cl2P/c7-5-1-3-6(4-2-5)8(9)10;1-3-2/h1-4H,7H2;. The first-order valence-corrected chi connectivity index (χ1v) is 5.74.